The van der Waals surface area contributed by atoms with Crippen LogP contribution in [0.2, 0.25) is 5.02 Å². The summed E-state index contributed by atoms with van der Waals surface area (Å²) < 4.78 is 44.4. The van der Waals surface area contributed by atoms with Crippen LogP contribution < -0.4 is 20.7 Å². The second-order valence-electron chi connectivity index (χ2n) is 11.6. The Morgan fingerprint density at radius 2 is 1.98 bits per heavy atom. The van der Waals surface area contributed by atoms with Crippen LogP contribution in [0.25, 0.3) is 17.0 Å². The summed E-state index contributed by atoms with van der Waals surface area (Å²) in [5.74, 6) is 1.10. The third-order valence-corrected chi connectivity index (χ3v) is 8.24. The summed E-state index contributed by atoms with van der Waals surface area (Å²) in [6, 6.07) is 4.90. The van der Waals surface area contributed by atoms with E-state index in [4.69, 9.17) is 32.0 Å². The molecule has 4 rings (SSSR count). The SMILES string of the molecule is CNC[C@@H](O)COc1ccc(Cl)c(-c2nc(C(C(C)=O)=C(C)N)c(C)c(N3CC4(CC(N(C)CC(F)(F)F)C4)C3)n2)c1. The first kappa shape index (κ1) is 32.0. The average Bonchev–Trinajstić information content (AvgIpc) is 2.82. The topological polar surface area (TPSA) is 117 Å². The lowest BCUT2D eigenvalue weighted by Crippen LogP contribution is -2.67. The summed E-state index contributed by atoms with van der Waals surface area (Å²) in [4.78, 5) is 25.7. The van der Waals surface area contributed by atoms with Gasteiger partial charge in [0.05, 0.1) is 22.8 Å². The molecule has 230 valence electrons. The van der Waals surface area contributed by atoms with Gasteiger partial charge >= 0.3 is 6.18 Å². The number of hydrogen-bond acceptors (Lipinski definition) is 9. The van der Waals surface area contributed by atoms with Crippen LogP contribution in [0.4, 0.5) is 19.0 Å². The van der Waals surface area contributed by atoms with Crippen molar-refractivity contribution in [2.45, 2.75) is 51.9 Å². The molecule has 2 heterocycles. The smallest absolute Gasteiger partial charge is 0.401 e. The fourth-order valence-electron chi connectivity index (χ4n) is 5.90. The molecule has 0 bridgehead atoms. The van der Waals surface area contributed by atoms with Gasteiger partial charge in [-0.1, -0.05) is 11.6 Å². The van der Waals surface area contributed by atoms with Crippen molar-refractivity contribution in [3.8, 4) is 17.1 Å². The van der Waals surface area contributed by atoms with Gasteiger partial charge in [0.15, 0.2) is 11.6 Å². The van der Waals surface area contributed by atoms with Gasteiger partial charge in [0.2, 0.25) is 0 Å². The molecule has 2 fully saturated rings. The van der Waals surface area contributed by atoms with E-state index in [0.717, 1.165) is 0 Å². The number of aliphatic hydroxyl groups is 1. The molecule has 1 aromatic carbocycles. The van der Waals surface area contributed by atoms with Crippen molar-refractivity contribution in [2.75, 3.05) is 51.8 Å². The number of anilines is 1. The molecule has 1 spiro atoms. The minimum Gasteiger partial charge on any atom is -0.491 e. The van der Waals surface area contributed by atoms with Crippen LogP contribution in [0.3, 0.4) is 0 Å². The molecule has 1 saturated heterocycles. The van der Waals surface area contributed by atoms with Crippen LogP contribution in [-0.2, 0) is 4.79 Å². The number of nitrogens with two attached hydrogens (primary N) is 1. The van der Waals surface area contributed by atoms with Crippen LogP contribution in [0.5, 0.6) is 5.75 Å². The van der Waals surface area contributed by atoms with Gasteiger partial charge in [-0.15, -0.1) is 0 Å². The Morgan fingerprint density at radius 3 is 2.55 bits per heavy atom. The molecule has 4 N–H and O–H groups in total. The molecule has 2 aliphatic rings. The number of benzene rings is 1. The molecule has 0 unspecified atom stereocenters. The van der Waals surface area contributed by atoms with Gasteiger partial charge in [-0.25, -0.2) is 9.97 Å². The number of carbonyl (C=O) groups is 1. The first-order valence-corrected chi connectivity index (χ1v) is 14.1. The highest BCUT2D eigenvalue weighted by atomic mass is 35.5. The molecule has 1 saturated carbocycles. The number of hydrogen-bond donors (Lipinski definition) is 3. The van der Waals surface area contributed by atoms with E-state index in [1.165, 1.54) is 18.9 Å². The van der Waals surface area contributed by atoms with Crippen LogP contribution in [-0.4, -0.2) is 91.0 Å². The Bertz CT molecular complexity index is 1350. The maximum Gasteiger partial charge on any atom is 0.401 e. The molecule has 9 nitrogen and oxygen atoms in total. The van der Waals surface area contributed by atoms with Crippen LogP contribution in [0, 0.1) is 12.3 Å². The highest BCUT2D eigenvalue weighted by molar-refractivity contribution is 6.33. The number of aromatic nitrogens is 2. The van der Waals surface area contributed by atoms with E-state index in [1.807, 2.05) is 6.92 Å². The molecule has 13 heteroatoms. The van der Waals surface area contributed by atoms with Crippen molar-refractivity contribution in [3.63, 3.8) is 0 Å². The van der Waals surface area contributed by atoms with Crippen LogP contribution >= 0.6 is 11.6 Å². The standard InChI is InChI=1S/C29H38ClF3N6O3/c1-16-25(24(17(2)34)18(3)40)36-26(22-8-21(6-7-23(22)30)42-12-20(41)11-35-4)37-27(16)39-13-28(14-39)9-19(10-28)38(5)15-29(31,32)33/h6-8,19-20,35,41H,9-15,34H2,1-5H3/t20-/m1/s1. The predicted octanol–water partition coefficient (Wildman–Crippen LogP) is 3.81. The van der Waals surface area contributed by atoms with Crippen molar-refractivity contribution >= 4 is 28.8 Å². The maximum absolute atomic E-state index is 12.9. The largest absolute Gasteiger partial charge is 0.491 e. The third-order valence-electron chi connectivity index (χ3n) is 7.91. The van der Waals surface area contributed by atoms with Gasteiger partial charge < -0.3 is 25.8 Å². The summed E-state index contributed by atoms with van der Waals surface area (Å²) in [6.07, 6.45) is -3.60. The van der Waals surface area contributed by atoms with Gasteiger partial charge in [-0.2, -0.15) is 13.2 Å². The van der Waals surface area contributed by atoms with Crippen LogP contribution in [0.15, 0.2) is 23.9 Å². The lowest BCUT2D eigenvalue weighted by atomic mass is 9.60. The summed E-state index contributed by atoms with van der Waals surface area (Å²) >= 11 is 6.59. The Balaban J connectivity index is 1.65. The number of halogens is 4. The number of allylic oxidation sites excluding steroid dienone is 2. The van der Waals surface area contributed by atoms with E-state index < -0.39 is 18.8 Å². The van der Waals surface area contributed by atoms with E-state index in [0.29, 0.717) is 71.6 Å². The first-order chi connectivity index (χ1) is 19.6. The lowest BCUT2D eigenvalue weighted by molar-refractivity contribution is -0.158. The average molecular weight is 611 g/mol. The van der Waals surface area contributed by atoms with E-state index in [1.54, 1.807) is 32.2 Å². The molecule has 1 aliphatic heterocycles. The number of ether oxygens (including phenoxy) is 1. The molecule has 1 aliphatic carbocycles. The zero-order chi connectivity index (χ0) is 31.0. The lowest BCUT2D eigenvalue weighted by Gasteiger charge is -2.61. The fourth-order valence-corrected chi connectivity index (χ4v) is 6.10. The third kappa shape index (κ3) is 6.99. The number of carbonyl (C=O) groups excluding carboxylic acids is 1. The zero-order valence-corrected chi connectivity index (χ0v) is 25.2. The second-order valence-corrected chi connectivity index (χ2v) is 12.0. The van der Waals surface area contributed by atoms with Gasteiger partial charge in [0.25, 0.3) is 0 Å². The highest BCUT2D eigenvalue weighted by Gasteiger charge is 2.54. The Morgan fingerprint density at radius 1 is 1.31 bits per heavy atom. The van der Waals surface area contributed by atoms with Crippen LogP contribution in [0.1, 0.15) is 37.9 Å². The van der Waals surface area contributed by atoms with Gasteiger partial charge in [0.1, 0.15) is 24.3 Å². The number of likely N-dealkylation sites (N-methyl/N-ethyl adjacent to an activating group) is 1. The van der Waals surface area contributed by atoms with E-state index in [9.17, 15) is 23.1 Å². The van der Waals surface area contributed by atoms with E-state index >= 15 is 0 Å². The first-order valence-electron chi connectivity index (χ1n) is 13.8. The Hall–Kier alpha value is -2.93. The number of Topliss-reactive ketones (excluding diaryl/α,β-unsaturated/α-hetero) is 1. The van der Waals surface area contributed by atoms with Gasteiger partial charge in [-0.3, -0.25) is 9.69 Å². The quantitative estimate of drug-likeness (QED) is 0.327. The summed E-state index contributed by atoms with van der Waals surface area (Å²) in [5, 5.41) is 13.3. The number of aliphatic hydroxyl groups excluding tert-OH is 1. The Kier molecular flexibility index (Phi) is 9.41. The molecule has 0 radical (unpaired) electrons. The molecular formula is C29H38ClF3N6O3. The summed E-state index contributed by atoms with van der Waals surface area (Å²) in [7, 11) is 3.25. The molecule has 1 atom stereocenters. The zero-order valence-electron chi connectivity index (χ0n) is 24.5. The molecule has 42 heavy (non-hydrogen) atoms. The fraction of sp³-hybridized carbons (Fsp3) is 0.552. The molecule has 2 aromatic rings. The van der Waals surface area contributed by atoms with E-state index in [2.05, 4.69) is 10.2 Å². The minimum atomic E-state index is -4.23. The Labute approximate surface area is 248 Å². The maximum atomic E-state index is 12.9. The molecular weight excluding hydrogens is 573 g/mol. The molecule has 0 amide bonds. The van der Waals surface area contributed by atoms with Crippen molar-refractivity contribution in [1.29, 1.82) is 0 Å². The van der Waals surface area contributed by atoms with E-state index in [-0.39, 0.29) is 35.2 Å². The van der Waals surface area contributed by atoms with Crippen molar-refractivity contribution in [1.82, 2.24) is 20.2 Å². The van der Waals surface area contributed by atoms with Gasteiger partial charge in [-0.05, 0) is 65.9 Å². The molecule has 1 aromatic heterocycles. The van der Waals surface area contributed by atoms with Crippen molar-refractivity contribution in [2.24, 2.45) is 11.1 Å². The second kappa shape index (κ2) is 12.4. The van der Waals surface area contributed by atoms with Gasteiger partial charge in [0, 0.05) is 47.9 Å². The summed E-state index contributed by atoms with van der Waals surface area (Å²) in [5.41, 5.74) is 8.20. The minimum absolute atomic E-state index is 0.0613. The van der Waals surface area contributed by atoms with Crippen molar-refractivity contribution < 1.29 is 27.8 Å². The predicted molar refractivity (Wildman–Crippen MR) is 156 cm³/mol. The normalized spacial score (nSPS) is 18.0. The summed E-state index contributed by atoms with van der Waals surface area (Å²) in [6.45, 7) is 5.65. The van der Waals surface area contributed by atoms with Crippen molar-refractivity contribution in [3.05, 3.63) is 40.2 Å². The number of rotatable bonds is 11. The number of alkyl halides is 3. The number of nitrogens with one attached hydrogen (secondary N) is 1. The monoisotopic (exact) mass is 610 g/mol. The highest BCUT2D eigenvalue weighted by Crippen LogP contribution is 2.52. The number of nitrogens with zero attached hydrogens (tertiary/aromatic N) is 4. The number of ketones is 1.